The van der Waals surface area contributed by atoms with Crippen molar-refractivity contribution in [2.45, 2.75) is 20.4 Å². The van der Waals surface area contributed by atoms with Gasteiger partial charge >= 0.3 is 0 Å². The van der Waals surface area contributed by atoms with E-state index in [4.69, 9.17) is 0 Å². The van der Waals surface area contributed by atoms with E-state index in [1.54, 1.807) is 6.20 Å². The quantitative estimate of drug-likeness (QED) is 0.901. The summed E-state index contributed by atoms with van der Waals surface area (Å²) in [5.41, 5.74) is 0.855. The van der Waals surface area contributed by atoms with Gasteiger partial charge in [-0.2, -0.15) is 0 Å². The maximum Gasteiger partial charge on any atom is 0.222 e. The second-order valence-corrected chi connectivity index (χ2v) is 4.25. The maximum atomic E-state index is 11.3. The van der Waals surface area contributed by atoms with Crippen molar-refractivity contribution in [2.24, 2.45) is 5.92 Å². The first kappa shape index (κ1) is 11.2. The van der Waals surface area contributed by atoms with Crippen LogP contribution in [0.4, 0.5) is 0 Å². The summed E-state index contributed by atoms with van der Waals surface area (Å²) in [6.07, 6.45) is 1.71. The minimum absolute atomic E-state index is 0.0159. The Bertz CT molecular complexity index is 326. The highest BCUT2D eigenvalue weighted by molar-refractivity contribution is 9.10. The normalized spacial score (nSPS) is 10.3. The van der Waals surface area contributed by atoms with Gasteiger partial charge in [0, 0.05) is 16.6 Å². The molecule has 1 N–H and O–H groups in total. The van der Waals surface area contributed by atoms with Gasteiger partial charge in [-0.15, -0.1) is 0 Å². The van der Waals surface area contributed by atoms with Gasteiger partial charge in [-0.05, 0) is 12.1 Å². The summed E-state index contributed by atoms with van der Waals surface area (Å²) in [6.45, 7) is 4.21. The molecule has 0 aromatic carbocycles. The first-order valence-corrected chi connectivity index (χ1v) is 5.27. The lowest BCUT2D eigenvalue weighted by Crippen LogP contribution is -2.27. The molecule has 0 bridgehead atoms. The van der Waals surface area contributed by atoms with Crippen LogP contribution in [-0.4, -0.2) is 10.9 Å². The number of pyridine rings is 1. The second kappa shape index (κ2) is 5.10. The van der Waals surface area contributed by atoms with Gasteiger partial charge in [0.15, 0.2) is 0 Å². The third-order valence-electron chi connectivity index (χ3n) is 1.75. The molecule has 76 valence electrons. The van der Waals surface area contributed by atoms with Crippen molar-refractivity contribution in [1.29, 1.82) is 0 Å². The monoisotopic (exact) mass is 256 g/mol. The van der Waals surface area contributed by atoms with Crippen molar-refractivity contribution < 1.29 is 4.79 Å². The van der Waals surface area contributed by atoms with Crippen molar-refractivity contribution in [2.75, 3.05) is 0 Å². The van der Waals surface area contributed by atoms with Crippen LogP contribution in [0.15, 0.2) is 22.8 Å². The van der Waals surface area contributed by atoms with Gasteiger partial charge in [0.25, 0.3) is 0 Å². The molecule has 0 saturated heterocycles. The van der Waals surface area contributed by atoms with Gasteiger partial charge < -0.3 is 5.32 Å². The molecule has 0 aliphatic rings. The fourth-order valence-electron chi connectivity index (χ4n) is 0.927. The fraction of sp³-hybridized carbons (Fsp3) is 0.400. The number of amides is 1. The molecular weight excluding hydrogens is 244 g/mol. The Balaban J connectivity index is 2.50. The van der Waals surface area contributed by atoms with Crippen LogP contribution in [0.5, 0.6) is 0 Å². The Morgan fingerprint density at radius 3 is 2.93 bits per heavy atom. The number of carbonyl (C=O) groups excluding carboxylic acids is 1. The van der Waals surface area contributed by atoms with E-state index in [1.165, 1.54) is 0 Å². The molecule has 1 aromatic rings. The zero-order valence-electron chi connectivity index (χ0n) is 8.25. The summed E-state index contributed by atoms with van der Waals surface area (Å²) in [5, 5.41) is 2.80. The molecule has 0 saturated carbocycles. The number of hydrogen-bond donors (Lipinski definition) is 1. The summed E-state index contributed by atoms with van der Waals surface area (Å²) >= 11 is 3.35. The molecule has 0 aliphatic heterocycles. The lowest BCUT2D eigenvalue weighted by atomic mass is 10.2. The highest BCUT2D eigenvalue weighted by Gasteiger charge is 2.05. The SMILES string of the molecule is CC(C)C(=O)NCc1cc(Br)ccn1. The highest BCUT2D eigenvalue weighted by Crippen LogP contribution is 2.08. The van der Waals surface area contributed by atoms with Crippen LogP contribution >= 0.6 is 15.9 Å². The third-order valence-corrected chi connectivity index (χ3v) is 2.24. The molecule has 1 heterocycles. The average molecular weight is 257 g/mol. The predicted molar refractivity (Wildman–Crippen MR) is 58.6 cm³/mol. The number of nitrogens with one attached hydrogen (secondary N) is 1. The van der Waals surface area contributed by atoms with Gasteiger partial charge in [0.05, 0.1) is 12.2 Å². The molecule has 0 atom stereocenters. The first-order valence-electron chi connectivity index (χ1n) is 4.47. The summed E-state index contributed by atoms with van der Waals surface area (Å²) in [6, 6.07) is 3.74. The molecule has 1 aromatic heterocycles. The number of nitrogens with zero attached hydrogens (tertiary/aromatic N) is 1. The van der Waals surface area contributed by atoms with Crippen LogP contribution in [0, 0.1) is 5.92 Å². The van der Waals surface area contributed by atoms with E-state index in [1.807, 2.05) is 26.0 Å². The molecule has 0 aliphatic carbocycles. The average Bonchev–Trinajstić information content (AvgIpc) is 2.14. The number of aromatic nitrogens is 1. The zero-order valence-corrected chi connectivity index (χ0v) is 9.84. The van der Waals surface area contributed by atoms with Gasteiger partial charge in [0.1, 0.15) is 0 Å². The van der Waals surface area contributed by atoms with E-state index < -0.39 is 0 Å². The molecule has 0 unspecified atom stereocenters. The number of hydrogen-bond acceptors (Lipinski definition) is 2. The van der Waals surface area contributed by atoms with E-state index in [2.05, 4.69) is 26.2 Å². The van der Waals surface area contributed by atoms with Crippen LogP contribution in [0.3, 0.4) is 0 Å². The van der Waals surface area contributed by atoms with E-state index in [0.717, 1.165) is 10.2 Å². The van der Waals surface area contributed by atoms with Crippen LogP contribution < -0.4 is 5.32 Å². The number of rotatable bonds is 3. The van der Waals surface area contributed by atoms with Crippen LogP contribution in [0.25, 0.3) is 0 Å². The van der Waals surface area contributed by atoms with E-state index in [-0.39, 0.29) is 11.8 Å². The summed E-state index contributed by atoms with van der Waals surface area (Å²) < 4.78 is 0.973. The van der Waals surface area contributed by atoms with Gasteiger partial charge in [-0.3, -0.25) is 9.78 Å². The topological polar surface area (TPSA) is 42.0 Å². The molecule has 0 spiro atoms. The molecule has 4 heteroatoms. The maximum absolute atomic E-state index is 11.3. The molecule has 3 nitrogen and oxygen atoms in total. The molecular formula is C10H13BrN2O. The Morgan fingerprint density at radius 2 is 2.36 bits per heavy atom. The van der Waals surface area contributed by atoms with E-state index in [0.29, 0.717) is 6.54 Å². The van der Waals surface area contributed by atoms with Crippen molar-refractivity contribution in [3.8, 4) is 0 Å². The highest BCUT2D eigenvalue weighted by atomic mass is 79.9. The van der Waals surface area contributed by atoms with Gasteiger partial charge in [-0.25, -0.2) is 0 Å². The van der Waals surface area contributed by atoms with Gasteiger partial charge in [0.2, 0.25) is 5.91 Å². The predicted octanol–water partition coefficient (Wildman–Crippen LogP) is 2.12. The molecule has 1 amide bonds. The van der Waals surface area contributed by atoms with Crippen LogP contribution in [0.1, 0.15) is 19.5 Å². The van der Waals surface area contributed by atoms with Crippen molar-refractivity contribution >= 4 is 21.8 Å². The Morgan fingerprint density at radius 1 is 1.64 bits per heavy atom. The molecule has 0 fully saturated rings. The van der Waals surface area contributed by atoms with Gasteiger partial charge in [-0.1, -0.05) is 29.8 Å². The number of carbonyl (C=O) groups is 1. The Labute approximate surface area is 92.1 Å². The third kappa shape index (κ3) is 3.46. The van der Waals surface area contributed by atoms with E-state index in [9.17, 15) is 4.79 Å². The fourth-order valence-corrected chi connectivity index (χ4v) is 1.31. The first-order chi connectivity index (χ1) is 6.59. The summed E-state index contributed by atoms with van der Waals surface area (Å²) in [7, 11) is 0. The molecule has 1 rings (SSSR count). The van der Waals surface area contributed by atoms with Crippen molar-refractivity contribution in [1.82, 2.24) is 10.3 Å². The summed E-state index contributed by atoms with van der Waals surface area (Å²) in [5.74, 6) is 0.0638. The number of halogens is 1. The van der Waals surface area contributed by atoms with Crippen molar-refractivity contribution in [3.63, 3.8) is 0 Å². The van der Waals surface area contributed by atoms with Crippen molar-refractivity contribution in [3.05, 3.63) is 28.5 Å². The second-order valence-electron chi connectivity index (χ2n) is 3.34. The lowest BCUT2D eigenvalue weighted by Gasteiger charge is -2.06. The minimum Gasteiger partial charge on any atom is -0.350 e. The summed E-state index contributed by atoms with van der Waals surface area (Å²) in [4.78, 5) is 15.4. The Kier molecular flexibility index (Phi) is 4.07. The lowest BCUT2D eigenvalue weighted by molar-refractivity contribution is -0.124. The smallest absolute Gasteiger partial charge is 0.222 e. The zero-order chi connectivity index (χ0) is 10.6. The minimum atomic E-state index is 0.0159. The van der Waals surface area contributed by atoms with E-state index >= 15 is 0 Å². The molecule has 14 heavy (non-hydrogen) atoms. The van der Waals surface area contributed by atoms with Crippen LogP contribution in [-0.2, 0) is 11.3 Å². The molecule has 0 radical (unpaired) electrons. The largest absolute Gasteiger partial charge is 0.350 e. The van der Waals surface area contributed by atoms with Crippen LogP contribution in [0.2, 0.25) is 0 Å². The standard InChI is InChI=1S/C10H13BrN2O/c1-7(2)10(14)13-6-9-5-8(11)3-4-12-9/h3-5,7H,6H2,1-2H3,(H,13,14). The Hall–Kier alpha value is -0.900.